The summed E-state index contributed by atoms with van der Waals surface area (Å²) in [6.07, 6.45) is -2.45. The van der Waals surface area contributed by atoms with Gasteiger partial charge in [0.2, 0.25) is 0 Å². The number of amides is 1. The molecule has 0 aliphatic carbocycles. The normalized spacial score (nSPS) is 10.8. The Balaban J connectivity index is 2.59. The SMILES string of the molecule is C=CCCNC(=O)c1ccc(OC(F)(F)F)cc1. The van der Waals surface area contributed by atoms with Crippen molar-refractivity contribution in [3.8, 4) is 5.75 Å². The standard InChI is InChI=1S/C12H12F3NO2/c1-2-3-8-16-11(17)9-4-6-10(7-5-9)18-12(13,14)15/h2,4-7H,1,3,8H2,(H,16,17). The minimum absolute atomic E-state index is 0.272. The summed E-state index contributed by atoms with van der Waals surface area (Å²) in [5.74, 6) is -0.708. The molecule has 18 heavy (non-hydrogen) atoms. The van der Waals surface area contributed by atoms with E-state index < -0.39 is 6.36 Å². The van der Waals surface area contributed by atoms with E-state index in [1.165, 1.54) is 12.1 Å². The number of ether oxygens (including phenoxy) is 1. The van der Waals surface area contributed by atoms with Crippen LogP contribution in [0, 0.1) is 0 Å². The number of halogens is 3. The quantitative estimate of drug-likeness (QED) is 0.652. The number of nitrogens with one attached hydrogen (secondary N) is 1. The summed E-state index contributed by atoms with van der Waals surface area (Å²) in [5, 5.41) is 2.59. The van der Waals surface area contributed by atoms with Crippen LogP contribution >= 0.6 is 0 Å². The molecule has 6 heteroatoms. The second-order valence-corrected chi connectivity index (χ2v) is 3.41. The third-order valence-electron chi connectivity index (χ3n) is 1.98. The van der Waals surface area contributed by atoms with Crippen LogP contribution in [0.4, 0.5) is 13.2 Å². The van der Waals surface area contributed by atoms with Gasteiger partial charge >= 0.3 is 6.36 Å². The molecule has 98 valence electrons. The van der Waals surface area contributed by atoms with E-state index in [-0.39, 0.29) is 17.2 Å². The van der Waals surface area contributed by atoms with Crippen molar-refractivity contribution in [1.29, 1.82) is 0 Å². The van der Waals surface area contributed by atoms with Gasteiger partial charge in [0.25, 0.3) is 5.91 Å². The van der Waals surface area contributed by atoms with Crippen LogP contribution in [0.25, 0.3) is 0 Å². The van der Waals surface area contributed by atoms with Gasteiger partial charge in [0, 0.05) is 12.1 Å². The van der Waals surface area contributed by atoms with Crippen LogP contribution in [-0.2, 0) is 0 Å². The lowest BCUT2D eigenvalue weighted by Gasteiger charge is -2.09. The molecule has 0 saturated carbocycles. The molecule has 1 amide bonds. The third kappa shape index (κ3) is 4.90. The zero-order chi connectivity index (χ0) is 13.6. The molecule has 0 fully saturated rings. The van der Waals surface area contributed by atoms with E-state index in [1.54, 1.807) is 6.08 Å². The summed E-state index contributed by atoms with van der Waals surface area (Å²) in [5.41, 5.74) is 0.272. The molecule has 1 aromatic rings. The lowest BCUT2D eigenvalue weighted by Crippen LogP contribution is -2.24. The van der Waals surface area contributed by atoms with Crippen LogP contribution in [0.3, 0.4) is 0 Å². The van der Waals surface area contributed by atoms with E-state index in [9.17, 15) is 18.0 Å². The second kappa shape index (κ2) is 6.09. The molecule has 0 unspecified atom stereocenters. The van der Waals surface area contributed by atoms with Gasteiger partial charge < -0.3 is 10.1 Å². The van der Waals surface area contributed by atoms with Crippen LogP contribution in [-0.4, -0.2) is 18.8 Å². The zero-order valence-electron chi connectivity index (χ0n) is 9.46. The summed E-state index contributed by atoms with van der Waals surface area (Å²) < 4.78 is 39.4. The highest BCUT2D eigenvalue weighted by atomic mass is 19.4. The average Bonchev–Trinajstić information content (AvgIpc) is 2.28. The van der Waals surface area contributed by atoms with Crippen molar-refractivity contribution in [3.63, 3.8) is 0 Å². The van der Waals surface area contributed by atoms with Gasteiger partial charge in [-0.25, -0.2) is 0 Å². The van der Waals surface area contributed by atoms with Crippen LogP contribution in [0.15, 0.2) is 36.9 Å². The number of carbonyl (C=O) groups is 1. The number of rotatable bonds is 5. The van der Waals surface area contributed by atoms with Crippen LogP contribution in [0.2, 0.25) is 0 Å². The molecule has 1 aromatic carbocycles. The van der Waals surface area contributed by atoms with Crippen LogP contribution < -0.4 is 10.1 Å². The number of benzene rings is 1. The van der Waals surface area contributed by atoms with Crippen molar-refractivity contribution < 1.29 is 22.7 Å². The maximum Gasteiger partial charge on any atom is 0.573 e. The molecular weight excluding hydrogens is 247 g/mol. The van der Waals surface area contributed by atoms with Gasteiger partial charge in [-0.2, -0.15) is 0 Å². The monoisotopic (exact) mass is 259 g/mol. The molecule has 0 heterocycles. The van der Waals surface area contributed by atoms with Crippen molar-refractivity contribution in [2.45, 2.75) is 12.8 Å². The number of carbonyl (C=O) groups excluding carboxylic acids is 1. The molecule has 3 nitrogen and oxygen atoms in total. The lowest BCUT2D eigenvalue weighted by atomic mass is 10.2. The molecule has 0 saturated heterocycles. The van der Waals surface area contributed by atoms with E-state index in [4.69, 9.17) is 0 Å². The Morgan fingerprint density at radius 2 is 1.94 bits per heavy atom. The summed E-state index contributed by atoms with van der Waals surface area (Å²) in [7, 11) is 0. The Morgan fingerprint density at radius 3 is 2.44 bits per heavy atom. The Hall–Kier alpha value is -1.98. The Kier molecular flexibility index (Phi) is 4.76. The fourth-order valence-corrected chi connectivity index (χ4v) is 1.20. The zero-order valence-corrected chi connectivity index (χ0v) is 9.46. The molecule has 0 bridgehead atoms. The first-order chi connectivity index (χ1) is 8.42. The predicted octanol–water partition coefficient (Wildman–Crippen LogP) is 2.89. The van der Waals surface area contributed by atoms with Gasteiger partial charge in [-0.3, -0.25) is 4.79 Å². The van der Waals surface area contributed by atoms with E-state index in [0.717, 1.165) is 12.1 Å². The fourth-order valence-electron chi connectivity index (χ4n) is 1.20. The van der Waals surface area contributed by atoms with Crippen molar-refractivity contribution in [1.82, 2.24) is 5.32 Å². The first-order valence-corrected chi connectivity index (χ1v) is 5.17. The van der Waals surface area contributed by atoms with Crippen molar-refractivity contribution in [2.75, 3.05) is 6.54 Å². The summed E-state index contributed by atoms with van der Waals surface area (Å²) in [6.45, 7) is 3.94. The van der Waals surface area contributed by atoms with Crippen molar-refractivity contribution in [3.05, 3.63) is 42.5 Å². The topological polar surface area (TPSA) is 38.3 Å². The summed E-state index contributed by atoms with van der Waals surface area (Å²) in [6, 6.07) is 4.72. The Labute approximate surface area is 102 Å². The molecule has 0 aromatic heterocycles. The fraction of sp³-hybridized carbons (Fsp3) is 0.250. The molecule has 1 N–H and O–H groups in total. The van der Waals surface area contributed by atoms with Gasteiger partial charge in [0.05, 0.1) is 0 Å². The van der Waals surface area contributed by atoms with E-state index in [1.807, 2.05) is 0 Å². The second-order valence-electron chi connectivity index (χ2n) is 3.41. The van der Waals surface area contributed by atoms with Gasteiger partial charge in [0.1, 0.15) is 5.75 Å². The molecule has 0 aliphatic heterocycles. The van der Waals surface area contributed by atoms with E-state index in [0.29, 0.717) is 13.0 Å². The average molecular weight is 259 g/mol. The Morgan fingerprint density at radius 1 is 1.33 bits per heavy atom. The highest BCUT2D eigenvalue weighted by Gasteiger charge is 2.30. The highest BCUT2D eigenvalue weighted by molar-refractivity contribution is 5.94. The third-order valence-corrected chi connectivity index (χ3v) is 1.98. The highest BCUT2D eigenvalue weighted by Crippen LogP contribution is 2.22. The molecule has 0 radical (unpaired) electrons. The maximum absolute atomic E-state index is 11.9. The van der Waals surface area contributed by atoms with Crippen LogP contribution in [0.1, 0.15) is 16.8 Å². The molecule has 0 aliphatic rings. The first-order valence-electron chi connectivity index (χ1n) is 5.17. The van der Waals surface area contributed by atoms with Crippen molar-refractivity contribution in [2.24, 2.45) is 0 Å². The Bertz CT molecular complexity index is 412. The first kappa shape index (κ1) is 14.1. The molecule has 0 atom stereocenters. The largest absolute Gasteiger partial charge is 0.573 e. The number of hydrogen-bond acceptors (Lipinski definition) is 2. The predicted molar refractivity (Wildman–Crippen MR) is 60.3 cm³/mol. The van der Waals surface area contributed by atoms with E-state index in [2.05, 4.69) is 16.6 Å². The maximum atomic E-state index is 11.9. The minimum atomic E-state index is -4.73. The smallest absolute Gasteiger partial charge is 0.406 e. The molecule has 1 rings (SSSR count). The lowest BCUT2D eigenvalue weighted by molar-refractivity contribution is -0.274. The molecular formula is C12H12F3NO2. The van der Waals surface area contributed by atoms with Gasteiger partial charge in [0.15, 0.2) is 0 Å². The van der Waals surface area contributed by atoms with Gasteiger partial charge in [-0.1, -0.05) is 6.08 Å². The summed E-state index contributed by atoms with van der Waals surface area (Å²) >= 11 is 0. The van der Waals surface area contributed by atoms with Gasteiger partial charge in [-0.05, 0) is 30.7 Å². The van der Waals surface area contributed by atoms with Gasteiger partial charge in [-0.15, -0.1) is 19.8 Å². The number of alkyl halides is 3. The van der Waals surface area contributed by atoms with Crippen LogP contribution in [0.5, 0.6) is 5.75 Å². The minimum Gasteiger partial charge on any atom is -0.406 e. The van der Waals surface area contributed by atoms with Crippen molar-refractivity contribution >= 4 is 5.91 Å². The molecule has 0 spiro atoms. The number of hydrogen-bond donors (Lipinski definition) is 1. The summed E-state index contributed by atoms with van der Waals surface area (Å²) in [4.78, 5) is 11.5. The van der Waals surface area contributed by atoms with E-state index >= 15 is 0 Å².